The Hall–Kier alpha value is -2.82. The fourth-order valence-corrected chi connectivity index (χ4v) is 6.40. The monoisotopic (exact) mass is 445 g/mol. The molecule has 1 amide bonds. The summed E-state index contributed by atoms with van der Waals surface area (Å²) in [5, 5.41) is 3.60. The first-order chi connectivity index (χ1) is 14.4. The Kier molecular flexibility index (Phi) is 5.54. The van der Waals surface area contributed by atoms with E-state index in [-0.39, 0.29) is 33.0 Å². The van der Waals surface area contributed by atoms with Crippen LogP contribution >= 0.6 is 11.3 Å². The molecule has 3 aromatic rings. The van der Waals surface area contributed by atoms with Gasteiger partial charge >= 0.3 is 0 Å². The molecule has 10 heteroatoms. The van der Waals surface area contributed by atoms with Crippen LogP contribution in [0.5, 0.6) is 0 Å². The number of thiophene rings is 1. The van der Waals surface area contributed by atoms with Crippen LogP contribution in [0.4, 0.5) is 0 Å². The summed E-state index contributed by atoms with van der Waals surface area (Å²) in [6.45, 7) is 2.56. The Morgan fingerprint density at radius 2 is 1.87 bits per heavy atom. The molecule has 0 unspecified atom stereocenters. The van der Waals surface area contributed by atoms with Gasteiger partial charge in [-0.05, 0) is 31.2 Å². The first-order valence-corrected chi connectivity index (χ1v) is 11.5. The van der Waals surface area contributed by atoms with Gasteiger partial charge in [0.05, 0.1) is 4.88 Å². The number of rotatable bonds is 5. The Balaban J connectivity index is 1.49. The van der Waals surface area contributed by atoms with E-state index in [1.165, 1.54) is 28.8 Å². The third-order valence-corrected chi connectivity index (χ3v) is 8.48. The molecule has 1 saturated heterocycles. The van der Waals surface area contributed by atoms with Gasteiger partial charge in [-0.25, -0.2) is 8.42 Å². The summed E-state index contributed by atoms with van der Waals surface area (Å²) in [6.07, 6.45) is 1.29. The molecular weight excluding hydrogens is 426 g/mol. The van der Waals surface area contributed by atoms with Gasteiger partial charge in [0, 0.05) is 37.3 Å². The van der Waals surface area contributed by atoms with Gasteiger partial charge in [-0.15, -0.1) is 11.3 Å². The molecule has 1 atom stereocenters. The molecule has 0 spiro atoms. The summed E-state index contributed by atoms with van der Waals surface area (Å²) in [5.41, 5.74) is 0.706. The zero-order valence-corrected chi connectivity index (χ0v) is 17.7. The second-order valence-corrected chi connectivity index (χ2v) is 10.1. The van der Waals surface area contributed by atoms with Gasteiger partial charge in [0.2, 0.25) is 5.78 Å². The van der Waals surface area contributed by atoms with Crippen LogP contribution in [0.15, 0.2) is 63.5 Å². The second-order valence-electron chi connectivity index (χ2n) is 6.91. The number of amides is 1. The molecule has 8 nitrogen and oxygen atoms in total. The molecule has 0 radical (unpaired) electrons. The minimum atomic E-state index is -3.79. The summed E-state index contributed by atoms with van der Waals surface area (Å²) < 4.78 is 32.5. The second kappa shape index (κ2) is 8.13. The van der Waals surface area contributed by atoms with E-state index in [1.54, 1.807) is 36.1 Å². The molecule has 1 aliphatic rings. The molecule has 0 bridgehead atoms. The highest BCUT2D eigenvalue weighted by molar-refractivity contribution is 7.91. The molecule has 1 fully saturated rings. The molecular formula is C20H19N3O5S2. The van der Waals surface area contributed by atoms with Crippen molar-refractivity contribution < 1.29 is 22.5 Å². The Morgan fingerprint density at radius 3 is 2.53 bits per heavy atom. The maximum atomic E-state index is 13.2. The lowest BCUT2D eigenvalue weighted by Crippen LogP contribution is -2.55. The first kappa shape index (κ1) is 20.5. The zero-order chi connectivity index (χ0) is 21.3. The van der Waals surface area contributed by atoms with E-state index < -0.39 is 16.1 Å². The maximum Gasteiger partial charge on any atom is 0.253 e. The molecule has 0 aliphatic carbocycles. The summed E-state index contributed by atoms with van der Waals surface area (Å²) >= 11 is 0.904. The fraction of sp³-hybridized carbons (Fsp3) is 0.250. The first-order valence-electron chi connectivity index (χ1n) is 9.29. The van der Waals surface area contributed by atoms with Crippen LogP contribution in [-0.4, -0.2) is 60.1 Å². The molecule has 1 aliphatic heterocycles. The van der Waals surface area contributed by atoms with Crippen molar-refractivity contribution in [2.24, 2.45) is 0 Å². The Bertz CT molecular complexity index is 1160. The van der Waals surface area contributed by atoms with Crippen LogP contribution in [0.2, 0.25) is 0 Å². The van der Waals surface area contributed by atoms with Gasteiger partial charge in [0.1, 0.15) is 10.5 Å². The molecule has 3 heterocycles. The van der Waals surface area contributed by atoms with Crippen LogP contribution in [0.25, 0.3) is 0 Å². The third kappa shape index (κ3) is 3.81. The molecule has 30 heavy (non-hydrogen) atoms. The summed E-state index contributed by atoms with van der Waals surface area (Å²) in [5.74, 6) is -0.502. The predicted molar refractivity (Wildman–Crippen MR) is 110 cm³/mol. The summed E-state index contributed by atoms with van der Waals surface area (Å²) in [4.78, 5) is 27.0. The Labute approximate surface area is 177 Å². The quantitative estimate of drug-likeness (QED) is 0.560. The van der Waals surface area contributed by atoms with E-state index in [9.17, 15) is 18.0 Å². The van der Waals surface area contributed by atoms with Crippen molar-refractivity contribution in [3.63, 3.8) is 0 Å². The molecule has 2 aromatic heterocycles. The van der Waals surface area contributed by atoms with Crippen LogP contribution in [0.3, 0.4) is 0 Å². The average Bonchev–Trinajstić information content (AvgIpc) is 3.45. The number of carbonyl (C=O) groups excluding carboxylic acids is 2. The van der Waals surface area contributed by atoms with Crippen molar-refractivity contribution in [3.8, 4) is 0 Å². The highest BCUT2D eigenvalue weighted by Gasteiger charge is 2.36. The number of sulfonamides is 1. The molecule has 156 valence electrons. The minimum absolute atomic E-state index is 0.0871. The van der Waals surface area contributed by atoms with Crippen LogP contribution in [0, 0.1) is 0 Å². The summed E-state index contributed by atoms with van der Waals surface area (Å²) in [7, 11) is -3.79. The van der Waals surface area contributed by atoms with Gasteiger partial charge in [-0.2, -0.15) is 4.31 Å². The van der Waals surface area contributed by atoms with E-state index >= 15 is 0 Å². The largest absolute Gasteiger partial charge is 0.364 e. The molecule has 4 rings (SSSR count). The van der Waals surface area contributed by atoms with Crippen molar-refractivity contribution in [3.05, 3.63) is 70.9 Å². The number of hydrogen-bond acceptors (Lipinski definition) is 7. The van der Waals surface area contributed by atoms with Gasteiger partial charge in [0.15, 0.2) is 5.69 Å². The molecule has 0 saturated carbocycles. The summed E-state index contributed by atoms with van der Waals surface area (Å²) in [6, 6.07) is 12.9. The van der Waals surface area contributed by atoms with E-state index in [2.05, 4.69) is 9.68 Å². The van der Waals surface area contributed by atoms with Crippen LogP contribution in [-0.2, 0) is 10.0 Å². The van der Waals surface area contributed by atoms with Gasteiger partial charge in [-0.3, -0.25) is 9.59 Å². The topological polar surface area (TPSA) is 101 Å². The van der Waals surface area contributed by atoms with Gasteiger partial charge < -0.3 is 9.42 Å². The third-order valence-electron chi connectivity index (χ3n) is 4.91. The number of piperazine rings is 1. The standard InChI is InChI=1S/C20H19N3O5S2/c1-14-13-22(20(25)15-5-3-2-4-6-15)10-11-23(14)30(26,27)18-8-7-17(29-18)19(24)16-9-12-28-21-16/h2-9,12,14H,10-11,13H2,1H3/t14-/m1/s1. The number of hydrogen-bond donors (Lipinski definition) is 0. The highest BCUT2D eigenvalue weighted by atomic mass is 32.2. The van der Waals surface area contributed by atoms with Gasteiger partial charge in [-0.1, -0.05) is 23.4 Å². The van der Waals surface area contributed by atoms with Crippen molar-refractivity contribution >= 4 is 33.1 Å². The average molecular weight is 446 g/mol. The van der Waals surface area contributed by atoms with Crippen molar-refractivity contribution in [2.45, 2.75) is 17.2 Å². The lowest BCUT2D eigenvalue weighted by molar-refractivity contribution is 0.0642. The minimum Gasteiger partial charge on any atom is -0.364 e. The fourth-order valence-electron chi connectivity index (χ4n) is 3.40. The molecule has 0 N–H and O–H groups in total. The Morgan fingerprint density at radius 1 is 1.10 bits per heavy atom. The number of ketones is 1. The van der Waals surface area contributed by atoms with Crippen molar-refractivity contribution in [1.29, 1.82) is 0 Å². The van der Waals surface area contributed by atoms with E-state index in [1.807, 2.05) is 6.07 Å². The number of carbonyl (C=O) groups is 2. The van der Waals surface area contributed by atoms with Crippen molar-refractivity contribution in [2.75, 3.05) is 19.6 Å². The highest BCUT2D eigenvalue weighted by Crippen LogP contribution is 2.29. The van der Waals surface area contributed by atoms with E-state index in [4.69, 9.17) is 0 Å². The van der Waals surface area contributed by atoms with E-state index in [0.717, 1.165) is 11.3 Å². The van der Waals surface area contributed by atoms with Gasteiger partial charge in [0.25, 0.3) is 15.9 Å². The lowest BCUT2D eigenvalue weighted by Gasteiger charge is -2.38. The number of nitrogens with zero attached hydrogens (tertiary/aromatic N) is 3. The smallest absolute Gasteiger partial charge is 0.253 e. The number of benzene rings is 1. The zero-order valence-electron chi connectivity index (χ0n) is 16.1. The SMILES string of the molecule is C[C@@H]1CN(C(=O)c2ccccc2)CCN1S(=O)(=O)c1ccc(C(=O)c2ccon2)s1. The predicted octanol–water partition coefficient (Wildman–Crippen LogP) is 2.50. The van der Waals surface area contributed by atoms with Crippen molar-refractivity contribution in [1.82, 2.24) is 14.4 Å². The van der Waals surface area contributed by atoms with Crippen LogP contribution in [0.1, 0.15) is 32.6 Å². The lowest BCUT2D eigenvalue weighted by atomic mass is 10.1. The van der Waals surface area contributed by atoms with Crippen LogP contribution < -0.4 is 0 Å². The number of aromatic nitrogens is 1. The maximum absolute atomic E-state index is 13.2. The molecule has 1 aromatic carbocycles. The van der Waals surface area contributed by atoms with E-state index in [0.29, 0.717) is 18.7 Å². The normalized spacial score (nSPS) is 17.8.